The summed E-state index contributed by atoms with van der Waals surface area (Å²) in [6.07, 6.45) is 1.15. The molecule has 0 bridgehead atoms. The monoisotopic (exact) mass is 195 g/mol. The molecule has 0 aliphatic carbocycles. The van der Waals surface area contributed by atoms with Crippen LogP contribution in [-0.2, 0) is 0 Å². The van der Waals surface area contributed by atoms with Gasteiger partial charge in [-0.15, -0.1) is 0 Å². The van der Waals surface area contributed by atoms with Crippen molar-refractivity contribution in [3.05, 3.63) is 30.1 Å². The number of rotatable bonds is 4. The van der Waals surface area contributed by atoms with E-state index >= 15 is 0 Å². The van der Waals surface area contributed by atoms with Crippen molar-refractivity contribution in [1.82, 2.24) is 0 Å². The quantitative estimate of drug-likeness (QED) is 0.773. The van der Waals surface area contributed by atoms with Crippen molar-refractivity contribution in [1.29, 1.82) is 0 Å². The molecule has 1 aromatic rings. The van der Waals surface area contributed by atoms with Crippen LogP contribution < -0.4 is 5.32 Å². The van der Waals surface area contributed by atoms with Crippen LogP contribution >= 0.6 is 0 Å². The van der Waals surface area contributed by atoms with E-state index in [1.165, 1.54) is 12.1 Å². The maximum Gasteiger partial charge on any atom is 0.123 e. The normalized spacial score (nSPS) is 14.9. The molecular weight excluding hydrogens is 177 g/mol. The average molecular weight is 195 g/mol. The Morgan fingerprint density at radius 3 is 2.29 bits per heavy atom. The summed E-state index contributed by atoms with van der Waals surface area (Å²) in [5, 5.41) is 3.35. The minimum absolute atomic E-state index is 0.188. The van der Waals surface area contributed by atoms with Crippen molar-refractivity contribution >= 4 is 5.69 Å². The molecule has 1 rings (SSSR count). The molecule has 14 heavy (non-hydrogen) atoms. The predicted molar refractivity (Wildman–Crippen MR) is 58.9 cm³/mol. The lowest BCUT2D eigenvalue weighted by Gasteiger charge is -2.20. The second kappa shape index (κ2) is 4.99. The molecule has 0 spiro atoms. The van der Waals surface area contributed by atoms with Crippen molar-refractivity contribution in [3.63, 3.8) is 0 Å². The van der Waals surface area contributed by atoms with Crippen LogP contribution in [0.25, 0.3) is 0 Å². The van der Waals surface area contributed by atoms with Gasteiger partial charge in [0.25, 0.3) is 0 Å². The van der Waals surface area contributed by atoms with Crippen LogP contribution in [0.2, 0.25) is 0 Å². The Morgan fingerprint density at radius 1 is 1.21 bits per heavy atom. The van der Waals surface area contributed by atoms with Crippen LogP contribution in [0.5, 0.6) is 0 Å². The Hall–Kier alpha value is -1.05. The molecule has 1 N–H and O–H groups in total. The lowest BCUT2D eigenvalue weighted by atomic mass is 10.0. The molecular formula is C12H18FN. The van der Waals surface area contributed by atoms with E-state index in [2.05, 4.69) is 26.1 Å². The molecule has 0 aliphatic rings. The van der Waals surface area contributed by atoms with Gasteiger partial charge >= 0.3 is 0 Å². The third-order valence-electron chi connectivity index (χ3n) is 2.74. The molecule has 78 valence electrons. The summed E-state index contributed by atoms with van der Waals surface area (Å²) < 4.78 is 12.6. The van der Waals surface area contributed by atoms with Crippen LogP contribution in [0.15, 0.2) is 24.3 Å². The first-order valence-electron chi connectivity index (χ1n) is 5.15. The number of hydrogen-bond donors (Lipinski definition) is 1. The fraction of sp³-hybridized carbons (Fsp3) is 0.500. The summed E-state index contributed by atoms with van der Waals surface area (Å²) in [4.78, 5) is 0. The number of halogens is 1. The van der Waals surface area contributed by atoms with E-state index in [4.69, 9.17) is 0 Å². The van der Waals surface area contributed by atoms with Gasteiger partial charge in [0.1, 0.15) is 5.82 Å². The zero-order chi connectivity index (χ0) is 10.6. The van der Waals surface area contributed by atoms with Crippen LogP contribution in [0.1, 0.15) is 27.2 Å². The predicted octanol–water partition coefficient (Wildman–Crippen LogP) is 3.67. The molecule has 0 aliphatic heterocycles. The summed E-state index contributed by atoms with van der Waals surface area (Å²) in [6.45, 7) is 6.53. The molecule has 2 atom stereocenters. The van der Waals surface area contributed by atoms with E-state index in [1.54, 1.807) is 12.1 Å². The minimum Gasteiger partial charge on any atom is -0.382 e. The molecule has 0 aromatic heterocycles. The molecule has 2 heteroatoms. The van der Waals surface area contributed by atoms with Crippen molar-refractivity contribution < 1.29 is 4.39 Å². The Morgan fingerprint density at radius 2 is 1.79 bits per heavy atom. The van der Waals surface area contributed by atoms with Gasteiger partial charge in [0.15, 0.2) is 0 Å². The Labute approximate surface area is 85.3 Å². The van der Waals surface area contributed by atoms with E-state index in [-0.39, 0.29) is 5.82 Å². The van der Waals surface area contributed by atoms with Crippen LogP contribution in [-0.4, -0.2) is 6.04 Å². The molecule has 0 amide bonds. The van der Waals surface area contributed by atoms with E-state index in [1.807, 2.05) is 0 Å². The highest BCUT2D eigenvalue weighted by Crippen LogP contribution is 2.15. The van der Waals surface area contributed by atoms with Gasteiger partial charge in [-0.2, -0.15) is 0 Å². The van der Waals surface area contributed by atoms with Gasteiger partial charge in [-0.05, 0) is 37.1 Å². The van der Waals surface area contributed by atoms with Crippen LogP contribution in [0.4, 0.5) is 10.1 Å². The number of benzene rings is 1. The third-order valence-corrected chi connectivity index (χ3v) is 2.74. The van der Waals surface area contributed by atoms with Gasteiger partial charge in [0, 0.05) is 11.7 Å². The molecule has 1 aromatic carbocycles. The lowest BCUT2D eigenvalue weighted by molar-refractivity contribution is 0.494. The number of anilines is 1. The summed E-state index contributed by atoms with van der Waals surface area (Å²) in [5.41, 5.74) is 0.985. The molecule has 2 unspecified atom stereocenters. The summed E-state index contributed by atoms with van der Waals surface area (Å²) in [7, 11) is 0. The largest absolute Gasteiger partial charge is 0.382 e. The third kappa shape index (κ3) is 3.02. The van der Waals surface area contributed by atoms with E-state index in [9.17, 15) is 4.39 Å². The highest BCUT2D eigenvalue weighted by Gasteiger charge is 2.09. The average Bonchev–Trinajstić information content (AvgIpc) is 2.20. The minimum atomic E-state index is -0.188. The second-order valence-electron chi connectivity index (χ2n) is 3.83. The van der Waals surface area contributed by atoms with Crippen LogP contribution in [0.3, 0.4) is 0 Å². The lowest BCUT2D eigenvalue weighted by Crippen LogP contribution is -2.23. The second-order valence-corrected chi connectivity index (χ2v) is 3.83. The smallest absolute Gasteiger partial charge is 0.123 e. The van der Waals surface area contributed by atoms with E-state index in [0.29, 0.717) is 12.0 Å². The topological polar surface area (TPSA) is 12.0 Å². The van der Waals surface area contributed by atoms with Crippen molar-refractivity contribution in [2.45, 2.75) is 33.2 Å². The zero-order valence-electron chi connectivity index (χ0n) is 9.05. The fourth-order valence-electron chi connectivity index (χ4n) is 1.30. The molecule has 0 saturated carbocycles. The highest BCUT2D eigenvalue weighted by atomic mass is 19.1. The van der Waals surface area contributed by atoms with Gasteiger partial charge in [-0.1, -0.05) is 20.3 Å². The van der Waals surface area contributed by atoms with Crippen molar-refractivity contribution in [2.24, 2.45) is 5.92 Å². The molecule has 1 nitrogen and oxygen atoms in total. The maximum atomic E-state index is 12.6. The Kier molecular flexibility index (Phi) is 3.93. The SMILES string of the molecule is CCC(C)C(C)Nc1ccc(F)cc1. The molecule has 0 heterocycles. The van der Waals surface area contributed by atoms with Crippen molar-refractivity contribution in [3.8, 4) is 0 Å². The van der Waals surface area contributed by atoms with Crippen molar-refractivity contribution in [2.75, 3.05) is 5.32 Å². The first-order valence-corrected chi connectivity index (χ1v) is 5.15. The number of hydrogen-bond acceptors (Lipinski definition) is 1. The Balaban J connectivity index is 2.56. The zero-order valence-corrected chi connectivity index (χ0v) is 9.05. The molecule has 0 fully saturated rings. The fourth-order valence-corrected chi connectivity index (χ4v) is 1.30. The van der Waals surface area contributed by atoms with Gasteiger partial charge in [0.05, 0.1) is 0 Å². The first-order chi connectivity index (χ1) is 6.63. The standard InChI is InChI=1S/C12H18FN/c1-4-9(2)10(3)14-12-7-5-11(13)6-8-12/h5-10,14H,4H2,1-3H3. The molecule has 0 radical (unpaired) electrons. The highest BCUT2D eigenvalue weighted by molar-refractivity contribution is 5.43. The summed E-state index contributed by atoms with van der Waals surface area (Å²) in [5.74, 6) is 0.437. The number of nitrogens with one attached hydrogen (secondary N) is 1. The van der Waals surface area contributed by atoms with Gasteiger partial charge in [-0.3, -0.25) is 0 Å². The van der Waals surface area contributed by atoms with Gasteiger partial charge in [0.2, 0.25) is 0 Å². The van der Waals surface area contributed by atoms with E-state index < -0.39 is 0 Å². The van der Waals surface area contributed by atoms with Crippen LogP contribution in [0, 0.1) is 11.7 Å². The van der Waals surface area contributed by atoms with Gasteiger partial charge in [-0.25, -0.2) is 4.39 Å². The summed E-state index contributed by atoms with van der Waals surface area (Å²) in [6, 6.07) is 6.92. The van der Waals surface area contributed by atoms with E-state index in [0.717, 1.165) is 12.1 Å². The Bertz CT molecular complexity index is 268. The maximum absolute atomic E-state index is 12.6. The first kappa shape index (κ1) is 11.0. The molecule has 0 saturated heterocycles. The summed E-state index contributed by atoms with van der Waals surface area (Å²) >= 11 is 0. The van der Waals surface area contributed by atoms with Gasteiger partial charge < -0.3 is 5.32 Å².